The van der Waals surface area contributed by atoms with E-state index in [1.807, 2.05) is 55.5 Å². The third-order valence-corrected chi connectivity index (χ3v) is 5.58. The average Bonchev–Trinajstić information content (AvgIpc) is 2.75. The topological polar surface area (TPSA) is 38.8 Å². The van der Waals surface area contributed by atoms with Crippen molar-refractivity contribution >= 4 is 5.97 Å². The number of rotatable bonds is 9. The minimum Gasteiger partial charge on any atom is -0.494 e. The maximum atomic E-state index is 12.8. The number of likely N-dealkylation sites (tertiary alicyclic amines) is 1. The highest BCUT2D eigenvalue weighted by Gasteiger charge is 2.43. The molecule has 0 N–H and O–H groups in total. The molecular weight excluding hydrogens is 350 g/mol. The number of carbonyl (C=O) groups excluding carboxylic acids is 1. The maximum Gasteiger partial charge on any atom is 0.316 e. The monoisotopic (exact) mass is 381 g/mol. The van der Waals surface area contributed by atoms with Crippen LogP contribution in [0.4, 0.5) is 0 Å². The molecule has 1 heterocycles. The molecule has 150 valence electrons. The molecule has 1 saturated heterocycles. The van der Waals surface area contributed by atoms with Crippen LogP contribution in [0.25, 0.3) is 0 Å². The van der Waals surface area contributed by atoms with E-state index in [-0.39, 0.29) is 5.97 Å². The first-order chi connectivity index (χ1) is 13.7. The molecule has 0 amide bonds. The molecule has 28 heavy (non-hydrogen) atoms. The van der Waals surface area contributed by atoms with Gasteiger partial charge in [-0.25, -0.2) is 0 Å². The van der Waals surface area contributed by atoms with E-state index in [4.69, 9.17) is 9.47 Å². The van der Waals surface area contributed by atoms with E-state index in [0.29, 0.717) is 6.61 Å². The number of ether oxygens (including phenoxy) is 2. The first-order valence-corrected chi connectivity index (χ1v) is 10.4. The number of unbranched alkanes of at least 4 members (excludes halogenated alkanes) is 1. The highest BCUT2D eigenvalue weighted by Crippen LogP contribution is 2.37. The van der Waals surface area contributed by atoms with Crippen molar-refractivity contribution in [3.8, 4) is 5.75 Å². The second-order valence-corrected chi connectivity index (χ2v) is 7.38. The van der Waals surface area contributed by atoms with E-state index in [1.165, 1.54) is 0 Å². The molecule has 2 aromatic carbocycles. The zero-order valence-corrected chi connectivity index (χ0v) is 16.8. The number of carbonyl (C=O) groups is 1. The van der Waals surface area contributed by atoms with Crippen molar-refractivity contribution in [1.29, 1.82) is 0 Å². The van der Waals surface area contributed by atoms with E-state index in [1.54, 1.807) is 0 Å². The third-order valence-electron chi connectivity index (χ3n) is 5.58. The van der Waals surface area contributed by atoms with Gasteiger partial charge in [0, 0.05) is 0 Å². The van der Waals surface area contributed by atoms with Crippen LogP contribution in [0.1, 0.15) is 38.2 Å². The summed E-state index contributed by atoms with van der Waals surface area (Å²) in [6.45, 7) is 5.95. The van der Waals surface area contributed by atoms with Gasteiger partial charge in [-0.1, -0.05) is 48.5 Å². The fourth-order valence-corrected chi connectivity index (χ4v) is 3.94. The zero-order chi connectivity index (χ0) is 19.7. The van der Waals surface area contributed by atoms with Gasteiger partial charge >= 0.3 is 5.97 Å². The summed E-state index contributed by atoms with van der Waals surface area (Å²) in [6, 6.07) is 20.1. The summed E-state index contributed by atoms with van der Waals surface area (Å²) in [7, 11) is 0. The molecule has 0 unspecified atom stereocenters. The SMILES string of the molecule is CCOC(=O)C1(c2ccccc2)CCN(CCCCOc2ccccc2)CC1. The lowest BCUT2D eigenvalue weighted by molar-refractivity contribution is -0.152. The quantitative estimate of drug-likeness (QED) is 0.475. The van der Waals surface area contributed by atoms with E-state index in [0.717, 1.165) is 63.2 Å². The average molecular weight is 382 g/mol. The maximum absolute atomic E-state index is 12.8. The Balaban J connectivity index is 1.47. The van der Waals surface area contributed by atoms with Crippen LogP contribution in [-0.4, -0.2) is 43.7 Å². The van der Waals surface area contributed by atoms with Crippen LogP contribution in [0.15, 0.2) is 60.7 Å². The molecule has 0 radical (unpaired) electrons. The summed E-state index contributed by atoms with van der Waals surface area (Å²) in [5.41, 5.74) is 0.592. The Morgan fingerprint density at radius 3 is 2.25 bits per heavy atom. The molecular formula is C24H31NO3. The van der Waals surface area contributed by atoms with Crippen LogP contribution in [0.3, 0.4) is 0 Å². The first kappa shape index (κ1) is 20.4. The lowest BCUT2D eigenvalue weighted by atomic mass is 9.72. The number of nitrogens with zero attached hydrogens (tertiary/aromatic N) is 1. The Labute approximate surface area is 168 Å². The predicted molar refractivity (Wildman–Crippen MR) is 112 cm³/mol. The second kappa shape index (κ2) is 10.3. The molecule has 0 spiro atoms. The van der Waals surface area contributed by atoms with Gasteiger partial charge in [0.05, 0.1) is 18.6 Å². The van der Waals surface area contributed by atoms with Crippen molar-refractivity contribution < 1.29 is 14.3 Å². The highest BCUT2D eigenvalue weighted by atomic mass is 16.5. The second-order valence-electron chi connectivity index (χ2n) is 7.38. The summed E-state index contributed by atoms with van der Waals surface area (Å²) in [4.78, 5) is 15.3. The Morgan fingerprint density at radius 2 is 1.61 bits per heavy atom. The van der Waals surface area contributed by atoms with Gasteiger partial charge in [0.25, 0.3) is 0 Å². The molecule has 1 aliphatic rings. The van der Waals surface area contributed by atoms with Gasteiger partial charge in [0.15, 0.2) is 0 Å². The van der Waals surface area contributed by atoms with Crippen molar-refractivity contribution in [3.63, 3.8) is 0 Å². The van der Waals surface area contributed by atoms with Crippen LogP contribution in [0, 0.1) is 0 Å². The lowest BCUT2D eigenvalue weighted by Gasteiger charge is -2.40. The van der Waals surface area contributed by atoms with Gasteiger partial charge in [-0.3, -0.25) is 4.79 Å². The summed E-state index contributed by atoms with van der Waals surface area (Å²) in [5.74, 6) is 0.861. The molecule has 0 bridgehead atoms. The summed E-state index contributed by atoms with van der Waals surface area (Å²) < 4.78 is 11.2. The molecule has 1 aliphatic heterocycles. The number of piperidine rings is 1. The molecule has 4 nitrogen and oxygen atoms in total. The van der Waals surface area contributed by atoms with E-state index >= 15 is 0 Å². The van der Waals surface area contributed by atoms with Gasteiger partial charge in [-0.05, 0) is 69.9 Å². The minimum atomic E-state index is -0.496. The third kappa shape index (κ3) is 5.14. The van der Waals surface area contributed by atoms with Gasteiger partial charge in [0.2, 0.25) is 0 Å². The van der Waals surface area contributed by atoms with Crippen LogP contribution in [0.5, 0.6) is 5.75 Å². The molecule has 0 aliphatic carbocycles. The molecule has 2 aromatic rings. The van der Waals surface area contributed by atoms with E-state index in [2.05, 4.69) is 17.0 Å². The summed E-state index contributed by atoms with van der Waals surface area (Å²) in [5, 5.41) is 0. The fourth-order valence-electron chi connectivity index (χ4n) is 3.94. The summed E-state index contributed by atoms with van der Waals surface area (Å²) >= 11 is 0. The highest BCUT2D eigenvalue weighted by molar-refractivity contribution is 5.83. The summed E-state index contributed by atoms with van der Waals surface area (Å²) in [6.07, 6.45) is 3.77. The molecule has 3 rings (SSSR count). The van der Waals surface area contributed by atoms with Crippen molar-refractivity contribution in [1.82, 2.24) is 4.90 Å². The van der Waals surface area contributed by atoms with E-state index < -0.39 is 5.41 Å². The standard InChI is InChI=1S/C24H31NO3/c1-2-27-23(26)24(21-11-5-3-6-12-21)15-18-25(19-16-24)17-9-10-20-28-22-13-7-4-8-14-22/h3-8,11-14H,2,9-10,15-20H2,1H3. The van der Waals surface area contributed by atoms with E-state index in [9.17, 15) is 4.79 Å². The predicted octanol–water partition coefficient (Wildman–Crippen LogP) is 4.44. The van der Waals surface area contributed by atoms with Gasteiger partial charge in [-0.2, -0.15) is 0 Å². The largest absolute Gasteiger partial charge is 0.494 e. The Bertz CT molecular complexity index is 709. The Hall–Kier alpha value is -2.33. The smallest absolute Gasteiger partial charge is 0.316 e. The number of para-hydroxylation sites is 1. The minimum absolute atomic E-state index is 0.0721. The zero-order valence-electron chi connectivity index (χ0n) is 16.8. The van der Waals surface area contributed by atoms with Crippen molar-refractivity contribution in [2.24, 2.45) is 0 Å². The molecule has 4 heteroatoms. The number of benzene rings is 2. The number of esters is 1. The normalized spacial score (nSPS) is 16.5. The lowest BCUT2D eigenvalue weighted by Crippen LogP contribution is -2.48. The van der Waals surface area contributed by atoms with Crippen molar-refractivity contribution in [2.45, 2.75) is 38.0 Å². The Kier molecular flexibility index (Phi) is 7.49. The van der Waals surface area contributed by atoms with Crippen LogP contribution >= 0.6 is 0 Å². The number of hydrogen-bond acceptors (Lipinski definition) is 4. The van der Waals surface area contributed by atoms with Crippen LogP contribution in [-0.2, 0) is 14.9 Å². The van der Waals surface area contributed by atoms with Crippen LogP contribution < -0.4 is 4.74 Å². The molecule has 0 atom stereocenters. The van der Waals surface area contributed by atoms with Gasteiger partial charge < -0.3 is 14.4 Å². The van der Waals surface area contributed by atoms with Gasteiger partial charge in [-0.15, -0.1) is 0 Å². The molecule has 1 fully saturated rings. The Morgan fingerprint density at radius 1 is 0.964 bits per heavy atom. The van der Waals surface area contributed by atoms with Gasteiger partial charge in [0.1, 0.15) is 5.75 Å². The molecule has 0 saturated carbocycles. The van der Waals surface area contributed by atoms with Crippen LogP contribution in [0.2, 0.25) is 0 Å². The first-order valence-electron chi connectivity index (χ1n) is 10.4. The molecule has 0 aromatic heterocycles. The van der Waals surface area contributed by atoms with Crippen molar-refractivity contribution in [3.05, 3.63) is 66.2 Å². The number of hydrogen-bond donors (Lipinski definition) is 0. The van der Waals surface area contributed by atoms with Crippen molar-refractivity contribution in [2.75, 3.05) is 32.8 Å². The fraction of sp³-hybridized carbons (Fsp3) is 0.458.